The molecule has 1 fully saturated rings. The maximum atomic E-state index is 13.6. The van der Waals surface area contributed by atoms with E-state index in [9.17, 15) is 13.9 Å². The van der Waals surface area contributed by atoms with Gasteiger partial charge in [0.05, 0.1) is 6.10 Å². The standard InChI is InChI=1S/C14H18F2OS2/c1-8-9(2)19-14(7-18-8)13(17)6-10-11(15)4-3-5-12(10)16/h3-5,8-9,13-14,17H,6-7H2,1-2H3. The largest absolute Gasteiger partial charge is 0.392 e. The average molecular weight is 304 g/mol. The van der Waals surface area contributed by atoms with Crippen LogP contribution >= 0.6 is 23.5 Å². The Hall–Kier alpha value is -0.260. The quantitative estimate of drug-likeness (QED) is 0.923. The first-order chi connectivity index (χ1) is 8.99. The van der Waals surface area contributed by atoms with E-state index in [1.54, 1.807) is 11.8 Å². The Labute approximate surface area is 121 Å². The SMILES string of the molecule is CC1SCC(C(O)Cc2c(F)cccc2F)SC1C. The number of aliphatic hydroxyl groups excluding tert-OH is 1. The first-order valence-corrected chi connectivity index (χ1v) is 8.36. The summed E-state index contributed by atoms with van der Waals surface area (Å²) in [7, 11) is 0. The van der Waals surface area contributed by atoms with Crippen molar-refractivity contribution in [2.75, 3.05) is 5.75 Å². The second-order valence-corrected chi connectivity index (χ2v) is 7.92. The van der Waals surface area contributed by atoms with Crippen LogP contribution in [-0.4, -0.2) is 32.7 Å². The van der Waals surface area contributed by atoms with E-state index >= 15 is 0 Å². The molecule has 0 aromatic heterocycles. The molecule has 1 nitrogen and oxygen atoms in total. The molecule has 4 atom stereocenters. The van der Waals surface area contributed by atoms with Crippen molar-refractivity contribution in [3.63, 3.8) is 0 Å². The maximum Gasteiger partial charge on any atom is 0.129 e. The number of thioether (sulfide) groups is 2. The lowest BCUT2D eigenvalue weighted by Gasteiger charge is -2.33. The van der Waals surface area contributed by atoms with Crippen molar-refractivity contribution in [2.24, 2.45) is 0 Å². The van der Waals surface area contributed by atoms with Gasteiger partial charge >= 0.3 is 0 Å². The van der Waals surface area contributed by atoms with E-state index in [1.165, 1.54) is 18.2 Å². The van der Waals surface area contributed by atoms with Crippen molar-refractivity contribution >= 4 is 23.5 Å². The molecule has 0 bridgehead atoms. The summed E-state index contributed by atoms with van der Waals surface area (Å²) in [6.07, 6.45) is -0.670. The van der Waals surface area contributed by atoms with Crippen LogP contribution in [0.5, 0.6) is 0 Å². The van der Waals surface area contributed by atoms with Gasteiger partial charge in [0.25, 0.3) is 0 Å². The molecule has 1 aliphatic rings. The number of hydrogen-bond donors (Lipinski definition) is 1. The van der Waals surface area contributed by atoms with Gasteiger partial charge in [-0.15, -0.1) is 0 Å². The van der Waals surface area contributed by atoms with E-state index in [0.717, 1.165) is 5.75 Å². The Morgan fingerprint density at radius 2 is 1.89 bits per heavy atom. The summed E-state index contributed by atoms with van der Waals surface area (Å²) in [5.41, 5.74) is -0.00752. The number of halogens is 2. The molecule has 0 radical (unpaired) electrons. The third-order valence-electron chi connectivity index (χ3n) is 3.48. The maximum absolute atomic E-state index is 13.6. The van der Waals surface area contributed by atoms with Gasteiger partial charge in [-0.05, 0) is 12.1 Å². The predicted molar refractivity (Wildman–Crippen MR) is 78.8 cm³/mol. The van der Waals surface area contributed by atoms with Crippen LogP contribution in [0.3, 0.4) is 0 Å². The van der Waals surface area contributed by atoms with E-state index < -0.39 is 17.7 Å². The van der Waals surface area contributed by atoms with E-state index in [0.29, 0.717) is 10.5 Å². The van der Waals surface area contributed by atoms with E-state index in [2.05, 4.69) is 13.8 Å². The van der Waals surface area contributed by atoms with Crippen LogP contribution < -0.4 is 0 Å². The summed E-state index contributed by atoms with van der Waals surface area (Å²) < 4.78 is 27.1. The Kier molecular flexibility index (Phi) is 5.15. The van der Waals surface area contributed by atoms with Crippen LogP contribution in [0.2, 0.25) is 0 Å². The lowest BCUT2D eigenvalue weighted by atomic mass is 10.0. The van der Waals surface area contributed by atoms with Crippen LogP contribution in [0.25, 0.3) is 0 Å². The van der Waals surface area contributed by atoms with Gasteiger partial charge in [-0.1, -0.05) is 19.9 Å². The van der Waals surface area contributed by atoms with Gasteiger partial charge in [-0.3, -0.25) is 0 Å². The molecule has 1 heterocycles. The summed E-state index contributed by atoms with van der Waals surface area (Å²) in [6, 6.07) is 3.81. The van der Waals surface area contributed by atoms with Crippen molar-refractivity contribution in [3.8, 4) is 0 Å². The minimum Gasteiger partial charge on any atom is -0.392 e. The van der Waals surface area contributed by atoms with Gasteiger partial charge in [0.1, 0.15) is 11.6 Å². The zero-order valence-corrected chi connectivity index (χ0v) is 12.6. The monoisotopic (exact) mass is 304 g/mol. The first kappa shape index (κ1) is 15.1. The number of rotatable bonds is 3. The average Bonchev–Trinajstić information content (AvgIpc) is 2.37. The number of benzene rings is 1. The lowest BCUT2D eigenvalue weighted by Crippen LogP contribution is -2.35. The van der Waals surface area contributed by atoms with Crippen molar-refractivity contribution < 1.29 is 13.9 Å². The van der Waals surface area contributed by atoms with Gasteiger partial charge in [0, 0.05) is 33.5 Å². The molecule has 1 aromatic rings. The van der Waals surface area contributed by atoms with Gasteiger partial charge in [0.2, 0.25) is 0 Å². The fraction of sp³-hybridized carbons (Fsp3) is 0.571. The minimum absolute atomic E-state index is 0.00752. The van der Waals surface area contributed by atoms with Gasteiger partial charge in [-0.2, -0.15) is 23.5 Å². The summed E-state index contributed by atoms with van der Waals surface area (Å²) in [4.78, 5) is 0. The highest BCUT2D eigenvalue weighted by molar-refractivity contribution is 8.07. The van der Waals surface area contributed by atoms with Crippen LogP contribution in [0.1, 0.15) is 19.4 Å². The molecule has 0 saturated carbocycles. The lowest BCUT2D eigenvalue weighted by molar-refractivity contribution is 0.174. The van der Waals surface area contributed by atoms with E-state index in [1.807, 2.05) is 11.8 Å². The van der Waals surface area contributed by atoms with Crippen molar-refractivity contribution in [1.82, 2.24) is 0 Å². The molecule has 0 spiro atoms. The summed E-state index contributed by atoms with van der Waals surface area (Å²) in [5, 5.41) is 11.3. The Balaban J connectivity index is 2.03. The van der Waals surface area contributed by atoms with Crippen molar-refractivity contribution in [3.05, 3.63) is 35.4 Å². The molecule has 4 unspecified atom stereocenters. The molecule has 1 N–H and O–H groups in total. The molecule has 0 aliphatic carbocycles. The Morgan fingerprint density at radius 1 is 1.26 bits per heavy atom. The first-order valence-electron chi connectivity index (χ1n) is 6.37. The van der Waals surface area contributed by atoms with Gasteiger partial charge in [0.15, 0.2) is 0 Å². The predicted octanol–water partition coefficient (Wildman–Crippen LogP) is 3.49. The van der Waals surface area contributed by atoms with Crippen LogP contribution in [-0.2, 0) is 6.42 Å². The zero-order chi connectivity index (χ0) is 14.0. The highest BCUT2D eigenvalue weighted by atomic mass is 32.2. The molecular weight excluding hydrogens is 286 g/mol. The molecule has 1 aromatic carbocycles. The third-order valence-corrected chi connectivity index (χ3v) is 7.01. The fourth-order valence-electron chi connectivity index (χ4n) is 2.08. The second kappa shape index (κ2) is 6.46. The fourth-order valence-corrected chi connectivity index (χ4v) is 5.09. The topological polar surface area (TPSA) is 20.2 Å². The zero-order valence-electron chi connectivity index (χ0n) is 11.0. The van der Waals surface area contributed by atoms with Crippen molar-refractivity contribution in [1.29, 1.82) is 0 Å². The Bertz CT molecular complexity index is 421. The van der Waals surface area contributed by atoms with Gasteiger partial charge < -0.3 is 5.11 Å². The molecular formula is C14H18F2OS2. The van der Waals surface area contributed by atoms with E-state index in [-0.39, 0.29) is 17.2 Å². The highest BCUT2D eigenvalue weighted by Crippen LogP contribution is 2.37. The smallest absolute Gasteiger partial charge is 0.129 e. The minimum atomic E-state index is -0.709. The molecule has 1 saturated heterocycles. The van der Waals surface area contributed by atoms with Crippen LogP contribution in [0, 0.1) is 11.6 Å². The number of aliphatic hydroxyl groups is 1. The molecule has 1 aliphatic heterocycles. The third kappa shape index (κ3) is 3.64. The van der Waals surface area contributed by atoms with Gasteiger partial charge in [-0.25, -0.2) is 8.78 Å². The summed E-state index contributed by atoms with van der Waals surface area (Å²) in [6.45, 7) is 4.30. The number of hydrogen-bond acceptors (Lipinski definition) is 3. The Morgan fingerprint density at radius 3 is 2.47 bits per heavy atom. The normalized spacial score (nSPS) is 29.2. The van der Waals surface area contributed by atoms with Crippen molar-refractivity contribution in [2.45, 2.75) is 42.1 Å². The van der Waals surface area contributed by atoms with Crippen LogP contribution in [0.15, 0.2) is 18.2 Å². The molecule has 106 valence electrons. The molecule has 0 amide bonds. The summed E-state index contributed by atoms with van der Waals surface area (Å²) >= 11 is 3.53. The highest BCUT2D eigenvalue weighted by Gasteiger charge is 2.31. The molecule has 19 heavy (non-hydrogen) atoms. The summed E-state index contributed by atoms with van der Waals surface area (Å²) in [5.74, 6) is -0.323. The second-order valence-electron chi connectivity index (χ2n) is 4.89. The van der Waals surface area contributed by atoms with Crippen LogP contribution in [0.4, 0.5) is 8.78 Å². The van der Waals surface area contributed by atoms with E-state index in [4.69, 9.17) is 0 Å². The molecule has 5 heteroatoms. The molecule has 2 rings (SSSR count).